The monoisotopic (exact) mass is 396 g/mol. The van der Waals surface area contributed by atoms with E-state index in [0.29, 0.717) is 21.5 Å². The van der Waals surface area contributed by atoms with Gasteiger partial charge in [0, 0.05) is 22.0 Å². The number of nitrogens with zero attached hydrogens (tertiary/aromatic N) is 1. The van der Waals surface area contributed by atoms with Gasteiger partial charge < -0.3 is 10.1 Å². The topological polar surface area (TPSA) is 51.2 Å². The average Bonchev–Trinajstić information content (AvgIpc) is 2.67. The van der Waals surface area contributed by atoms with Crippen LogP contribution in [0.15, 0.2) is 66.9 Å². The molecule has 4 aromatic rings. The Morgan fingerprint density at radius 3 is 2.70 bits per heavy atom. The number of fused-ring (bicyclic) bond motifs is 3. The van der Waals surface area contributed by atoms with Gasteiger partial charge in [0.1, 0.15) is 5.75 Å². The van der Waals surface area contributed by atoms with Crippen molar-refractivity contribution in [2.45, 2.75) is 0 Å². The van der Waals surface area contributed by atoms with Crippen molar-refractivity contribution in [1.82, 2.24) is 4.98 Å². The van der Waals surface area contributed by atoms with Crippen LogP contribution in [0.5, 0.6) is 5.75 Å². The predicted octanol–water partition coefficient (Wildman–Crippen LogP) is 5.71. The van der Waals surface area contributed by atoms with E-state index in [-0.39, 0.29) is 12.5 Å². The van der Waals surface area contributed by atoms with Gasteiger partial charge >= 0.3 is 0 Å². The first-order valence-electron chi connectivity index (χ1n) is 8.26. The van der Waals surface area contributed by atoms with E-state index in [2.05, 4.69) is 10.3 Å². The molecule has 4 nitrogen and oxygen atoms in total. The third-order valence-corrected chi connectivity index (χ3v) is 4.69. The van der Waals surface area contributed by atoms with Crippen LogP contribution in [-0.2, 0) is 4.79 Å². The number of benzene rings is 3. The van der Waals surface area contributed by atoms with Crippen molar-refractivity contribution >= 4 is 56.5 Å². The molecule has 1 N–H and O–H groups in total. The molecule has 0 atom stereocenters. The van der Waals surface area contributed by atoms with Crippen molar-refractivity contribution in [3.63, 3.8) is 0 Å². The third-order valence-electron chi connectivity index (χ3n) is 4.16. The first-order valence-corrected chi connectivity index (χ1v) is 9.01. The maximum atomic E-state index is 12.3. The molecule has 0 aliphatic heterocycles. The number of ether oxygens (including phenoxy) is 1. The van der Waals surface area contributed by atoms with Crippen LogP contribution in [0, 0.1) is 0 Å². The van der Waals surface area contributed by atoms with Gasteiger partial charge in [0.05, 0.1) is 16.2 Å². The number of pyridine rings is 1. The predicted molar refractivity (Wildman–Crippen MR) is 110 cm³/mol. The number of amides is 1. The summed E-state index contributed by atoms with van der Waals surface area (Å²) in [4.78, 5) is 16.8. The molecule has 6 heteroatoms. The van der Waals surface area contributed by atoms with Gasteiger partial charge in [0.2, 0.25) is 0 Å². The molecule has 1 aromatic heterocycles. The Balaban J connectivity index is 1.56. The largest absolute Gasteiger partial charge is 0.482 e. The summed E-state index contributed by atoms with van der Waals surface area (Å²) in [7, 11) is 0. The molecule has 0 radical (unpaired) electrons. The van der Waals surface area contributed by atoms with Crippen LogP contribution in [-0.4, -0.2) is 17.5 Å². The van der Waals surface area contributed by atoms with E-state index in [1.54, 1.807) is 30.5 Å². The number of anilines is 1. The second kappa shape index (κ2) is 7.43. The van der Waals surface area contributed by atoms with Crippen molar-refractivity contribution < 1.29 is 9.53 Å². The second-order valence-corrected chi connectivity index (χ2v) is 6.80. The lowest BCUT2D eigenvalue weighted by atomic mass is 10.1. The first kappa shape index (κ1) is 17.6. The number of carbonyl (C=O) groups is 1. The highest BCUT2D eigenvalue weighted by Crippen LogP contribution is 2.29. The molecule has 0 fully saturated rings. The fourth-order valence-corrected chi connectivity index (χ4v) is 3.38. The van der Waals surface area contributed by atoms with Gasteiger partial charge in [-0.2, -0.15) is 0 Å². The Kier molecular flexibility index (Phi) is 4.84. The van der Waals surface area contributed by atoms with Gasteiger partial charge in [-0.25, -0.2) is 0 Å². The zero-order chi connectivity index (χ0) is 18.8. The van der Waals surface area contributed by atoms with Crippen molar-refractivity contribution in [3.8, 4) is 5.75 Å². The van der Waals surface area contributed by atoms with Crippen LogP contribution < -0.4 is 10.1 Å². The molecular weight excluding hydrogens is 383 g/mol. The smallest absolute Gasteiger partial charge is 0.262 e. The highest BCUT2D eigenvalue weighted by molar-refractivity contribution is 6.35. The Morgan fingerprint density at radius 2 is 1.85 bits per heavy atom. The maximum Gasteiger partial charge on any atom is 0.262 e. The summed E-state index contributed by atoms with van der Waals surface area (Å²) in [5.41, 5.74) is 1.52. The lowest BCUT2D eigenvalue weighted by Gasteiger charge is -2.11. The van der Waals surface area contributed by atoms with Crippen LogP contribution in [0.2, 0.25) is 10.0 Å². The number of nitrogens with one attached hydrogen (secondary N) is 1. The van der Waals surface area contributed by atoms with E-state index >= 15 is 0 Å². The van der Waals surface area contributed by atoms with E-state index in [1.165, 1.54) is 0 Å². The molecule has 0 saturated heterocycles. The molecule has 1 amide bonds. The van der Waals surface area contributed by atoms with E-state index in [9.17, 15) is 4.79 Å². The van der Waals surface area contributed by atoms with E-state index in [1.807, 2.05) is 36.4 Å². The van der Waals surface area contributed by atoms with Crippen LogP contribution >= 0.6 is 23.2 Å². The number of rotatable bonds is 4. The zero-order valence-electron chi connectivity index (χ0n) is 14.1. The Hall–Kier alpha value is -2.82. The van der Waals surface area contributed by atoms with Crippen molar-refractivity contribution in [1.29, 1.82) is 0 Å². The lowest BCUT2D eigenvalue weighted by molar-refractivity contribution is -0.118. The summed E-state index contributed by atoms with van der Waals surface area (Å²) in [5.74, 6) is 0.114. The van der Waals surface area contributed by atoms with Crippen LogP contribution in [0.1, 0.15) is 0 Å². The minimum atomic E-state index is -0.290. The molecular formula is C21H14Cl2N2O2. The maximum absolute atomic E-state index is 12.3. The minimum Gasteiger partial charge on any atom is -0.482 e. The summed E-state index contributed by atoms with van der Waals surface area (Å²) >= 11 is 11.9. The molecule has 134 valence electrons. The van der Waals surface area contributed by atoms with Gasteiger partial charge in [-0.05, 0) is 29.7 Å². The average molecular weight is 397 g/mol. The molecule has 1 heterocycles. The summed E-state index contributed by atoms with van der Waals surface area (Å²) in [5, 5.41) is 6.75. The Morgan fingerprint density at radius 1 is 1.00 bits per heavy atom. The van der Waals surface area contributed by atoms with Crippen LogP contribution in [0.4, 0.5) is 5.69 Å². The standard InChI is InChI=1S/C21H14Cl2N2O2/c22-14-6-8-19(17(23)11-14)27-12-20(26)25-18-9-10-24-21-15-4-2-1-3-13(15)5-7-16(18)21/h1-11H,12H2,(H,24,25,26). The van der Waals surface area contributed by atoms with Crippen LogP contribution in [0.3, 0.4) is 0 Å². The molecule has 0 unspecified atom stereocenters. The van der Waals surface area contributed by atoms with Gasteiger partial charge in [-0.3, -0.25) is 9.78 Å². The molecule has 0 bridgehead atoms. The second-order valence-electron chi connectivity index (χ2n) is 5.95. The fourth-order valence-electron chi connectivity index (χ4n) is 2.92. The fraction of sp³-hybridized carbons (Fsp3) is 0.0476. The Labute approximate surface area is 165 Å². The lowest BCUT2D eigenvalue weighted by Crippen LogP contribution is -2.20. The Bertz CT molecular complexity index is 1160. The van der Waals surface area contributed by atoms with Crippen LogP contribution in [0.25, 0.3) is 21.7 Å². The first-order chi connectivity index (χ1) is 13.1. The minimum absolute atomic E-state index is 0.168. The molecule has 0 spiro atoms. The molecule has 3 aromatic carbocycles. The zero-order valence-corrected chi connectivity index (χ0v) is 15.6. The van der Waals surface area contributed by atoms with Gasteiger partial charge in [-0.15, -0.1) is 0 Å². The third kappa shape index (κ3) is 3.68. The summed E-state index contributed by atoms with van der Waals surface area (Å²) in [6.07, 6.45) is 1.68. The van der Waals surface area contributed by atoms with Crippen molar-refractivity contribution in [3.05, 3.63) is 76.9 Å². The summed E-state index contributed by atoms with van der Waals surface area (Å²) in [6, 6.07) is 18.6. The molecule has 0 aliphatic carbocycles. The quantitative estimate of drug-likeness (QED) is 0.449. The molecule has 0 aliphatic rings. The number of carbonyl (C=O) groups excluding carboxylic acids is 1. The summed E-state index contributed by atoms with van der Waals surface area (Å²) in [6.45, 7) is -0.168. The number of hydrogen-bond acceptors (Lipinski definition) is 3. The van der Waals surface area contributed by atoms with Crippen molar-refractivity contribution in [2.75, 3.05) is 11.9 Å². The normalized spacial score (nSPS) is 10.9. The van der Waals surface area contributed by atoms with Gasteiger partial charge in [0.15, 0.2) is 6.61 Å². The van der Waals surface area contributed by atoms with Gasteiger partial charge in [0.25, 0.3) is 5.91 Å². The molecule has 0 saturated carbocycles. The molecule has 4 rings (SSSR count). The molecule has 27 heavy (non-hydrogen) atoms. The van der Waals surface area contributed by atoms with Crippen molar-refractivity contribution in [2.24, 2.45) is 0 Å². The SMILES string of the molecule is O=C(COc1ccc(Cl)cc1Cl)Nc1ccnc2c1ccc1ccccc12. The number of aromatic nitrogens is 1. The van der Waals surface area contributed by atoms with E-state index in [0.717, 1.165) is 21.7 Å². The highest BCUT2D eigenvalue weighted by atomic mass is 35.5. The van der Waals surface area contributed by atoms with E-state index < -0.39 is 0 Å². The number of halogens is 2. The summed E-state index contributed by atoms with van der Waals surface area (Å²) < 4.78 is 5.49. The van der Waals surface area contributed by atoms with Gasteiger partial charge in [-0.1, -0.05) is 59.6 Å². The highest BCUT2D eigenvalue weighted by Gasteiger charge is 2.10. The number of hydrogen-bond donors (Lipinski definition) is 1. The van der Waals surface area contributed by atoms with E-state index in [4.69, 9.17) is 27.9 Å².